The molecule has 1 fully saturated rings. The quantitative estimate of drug-likeness (QED) is 0.562. The van der Waals surface area contributed by atoms with E-state index >= 15 is 0 Å². The van der Waals surface area contributed by atoms with Crippen molar-refractivity contribution in [3.63, 3.8) is 0 Å². The van der Waals surface area contributed by atoms with Gasteiger partial charge >= 0.3 is 5.69 Å². The third kappa shape index (κ3) is 3.48. The first-order chi connectivity index (χ1) is 9.13. The Morgan fingerprint density at radius 1 is 1.53 bits per heavy atom. The van der Waals surface area contributed by atoms with Crippen molar-refractivity contribution in [2.75, 3.05) is 20.3 Å². The predicted molar refractivity (Wildman–Crippen MR) is 68.4 cm³/mol. The number of methoxy groups -OCH3 is 1. The van der Waals surface area contributed by atoms with E-state index in [9.17, 15) is 14.5 Å². The fraction of sp³-hybridized carbons (Fsp3) is 0.538. The van der Waals surface area contributed by atoms with Crippen LogP contribution in [0.4, 0.5) is 10.1 Å². The fourth-order valence-corrected chi connectivity index (χ4v) is 2.09. The van der Waals surface area contributed by atoms with E-state index in [1.807, 2.05) is 0 Å². The monoisotopic (exact) mass is 268 g/mol. The number of nitrogens with zero attached hydrogens (tertiary/aromatic N) is 2. The summed E-state index contributed by atoms with van der Waals surface area (Å²) in [5.74, 6) is -0.726. The van der Waals surface area contributed by atoms with Crippen molar-refractivity contribution in [3.05, 3.63) is 39.7 Å². The van der Waals surface area contributed by atoms with Crippen LogP contribution >= 0.6 is 0 Å². The van der Waals surface area contributed by atoms with Crippen LogP contribution < -0.4 is 0 Å². The zero-order chi connectivity index (χ0) is 13.8. The molecule has 0 unspecified atom stereocenters. The molecular weight excluding hydrogens is 251 g/mol. The summed E-state index contributed by atoms with van der Waals surface area (Å²) >= 11 is 0. The van der Waals surface area contributed by atoms with Gasteiger partial charge in [-0.25, -0.2) is 0 Å². The Morgan fingerprint density at radius 2 is 2.26 bits per heavy atom. The first-order valence-corrected chi connectivity index (χ1v) is 6.28. The van der Waals surface area contributed by atoms with Crippen molar-refractivity contribution < 1.29 is 14.1 Å². The Balaban J connectivity index is 2.12. The maximum Gasteiger partial charge on any atom is 0.305 e. The van der Waals surface area contributed by atoms with Crippen molar-refractivity contribution >= 4 is 5.69 Å². The van der Waals surface area contributed by atoms with Gasteiger partial charge in [0.25, 0.3) is 0 Å². The molecule has 0 heterocycles. The second-order valence-corrected chi connectivity index (χ2v) is 4.70. The summed E-state index contributed by atoms with van der Waals surface area (Å²) in [6.45, 7) is 1.68. The van der Waals surface area contributed by atoms with Gasteiger partial charge in [-0.3, -0.25) is 15.0 Å². The van der Waals surface area contributed by atoms with E-state index < -0.39 is 16.4 Å². The summed E-state index contributed by atoms with van der Waals surface area (Å²) in [7, 11) is 1.62. The zero-order valence-corrected chi connectivity index (χ0v) is 10.8. The van der Waals surface area contributed by atoms with Crippen LogP contribution in [0.2, 0.25) is 0 Å². The molecule has 0 aromatic heterocycles. The molecule has 1 aromatic rings. The smallest absolute Gasteiger partial charge is 0.305 e. The molecule has 104 valence electrons. The molecular formula is C13H17FN2O3. The van der Waals surface area contributed by atoms with Crippen LogP contribution in [-0.2, 0) is 11.3 Å². The Kier molecular flexibility index (Phi) is 4.44. The molecule has 5 nitrogen and oxygen atoms in total. The van der Waals surface area contributed by atoms with Crippen molar-refractivity contribution in [2.45, 2.75) is 25.4 Å². The van der Waals surface area contributed by atoms with Gasteiger partial charge in [-0.2, -0.15) is 4.39 Å². The number of ether oxygens (including phenoxy) is 1. The van der Waals surface area contributed by atoms with E-state index in [0.29, 0.717) is 31.3 Å². The topological polar surface area (TPSA) is 55.6 Å². The first-order valence-electron chi connectivity index (χ1n) is 6.28. The minimum Gasteiger partial charge on any atom is -0.383 e. The second kappa shape index (κ2) is 6.08. The lowest BCUT2D eigenvalue weighted by molar-refractivity contribution is -0.387. The highest BCUT2D eigenvalue weighted by Crippen LogP contribution is 2.29. The Morgan fingerprint density at radius 3 is 2.84 bits per heavy atom. The number of rotatable bonds is 7. The molecule has 0 saturated heterocycles. The third-order valence-electron chi connectivity index (χ3n) is 3.27. The molecule has 0 atom stereocenters. The zero-order valence-electron chi connectivity index (χ0n) is 10.8. The van der Waals surface area contributed by atoms with Gasteiger partial charge in [0.05, 0.1) is 11.5 Å². The highest BCUT2D eigenvalue weighted by molar-refractivity contribution is 5.36. The Bertz CT molecular complexity index is 463. The highest BCUT2D eigenvalue weighted by Gasteiger charge is 2.30. The Labute approximate surface area is 111 Å². The van der Waals surface area contributed by atoms with E-state index in [1.165, 1.54) is 12.1 Å². The fourth-order valence-electron chi connectivity index (χ4n) is 2.09. The molecule has 0 N–H and O–H groups in total. The van der Waals surface area contributed by atoms with E-state index in [2.05, 4.69) is 4.90 Å². The van der Waals surface area contributed by atoms with Crippen molar-refractivity contribution in [3.8, 4) is 0 Å². The number of nitro groups is 1. The molecule has 6 heteroatoms. The lowest BCUT2D eigenvalue weighted by Crippen LogP contribution is -2.29. The maximum absolute atomic E-state index is 14.0. The molecule has 0 aliphatic heterocycles. The first kappa shape index (κ1) is 13.9. The number of hydrogen-bond acceptors (Lipinski definition) is 4. The van der Waals surface area contributed by atoms with Gasteiger partial charge in [0.15, 0.2) is 0 Å². The van der Waals surface area contributed by atoms with Gasteiger partial charge in [-0.15, -0.1) is 0 Å². The molecule has 0 spiro atoms. The summed E-state index contributed by atoms with van der Waals surface area (Å²) in [5, 5.41) is 10.7. The number of nitro benzene ring substituents is 1. The molecule has 2 rings (SSSR count). The SMILES string of the molecule is COCCN(Cc1cccc([N+](=O)[O-])c1F)C1CC1. The molecule has 0 radical (unpaired) electrons. The minimum absolute atomic E-state index is 0.372. The number of hydrogen-bond donors (Lipinski definition) is 0. The predicted octanol–water partition coefficient (Wildman–Crippen LogP) is 2.34. The lowest BCUT2D eigenvalue weighted by atomic mass is 10.1. The molecule has 19 heavy (non-hydrogen) atoms. The average molecular weight is 268 g/mol. The second-order valence-electron chi connectivity index (χ2n) is 4.70. The third-order valence-corrected chi connectivity index (χ3v) is 3.27. The molecule has 1 aliphatic carbocycles. The molecule has 0 amide bonds. The van der Waals surface area contributed by atoms with Crippen LogP contribution in [0, 0.1) is 15.9 Å². The van der Waals surface area contributed by atoms with Gasteiger partial charge in [-0.05, 0) is 12.8 Å². The largest absolute Gasteiger partial charge is 0.383 e. The summed E-state index contributed by atoms with van der Waals surface area (Å²) in [6, 6.07) is 4.77. The highest BCUT2D eigenvalue weighted by atomic mass is 19.1. The minimum atomic E-state index is -0.726. The molecule has 1 aromatic carbocycles. The molecule has 0 bridgehead atoms. The summed E-state index contributed by atoms with van der Waals surface area (Å²) < 4.78 is 19.0. The average Bonchev–Trinajstić information content (AvgIpc) is 3.20. The lowest BCUT2D eigenvalue weighted by Gasteiger charge is -2.21. The van der Waals surface area contributed by atoms with Gasteiger partial charge < -0.3 is 4.74 Å². The number of benzene rings is 1. The standard InChI is InChI=1S/C13H17FN2O3/c1-19-8-7-15(11-5-6-11)9-10-3-2-4-12(13(10)14)16(17)18/h2-4,11H,5-9H2,1H3. The van der Waals surface area contributed by atoms with Gasteiger partial charge in [0.2, 0.25) is 5.82 Å². The summed E-state index contributed by atoms with van der Waals surface area (Å²) in [5.41, 5.74) is -0.0859. The van der Waals surface area contributed by atoms with Gasteiger partial charge in [0, 0.05) is 37.9 Å². The van der Waals surface area contributed by atoms with Crippen molar-refractivity contribution in [2.24, 2.45) is 0 Å². The van der Waals surface area contributed by atoms with Crippen LogP contribution in [-0.4, -0.2) is 36.1 Å². The van der Waals surface area contributed by atoms with Crippen molar-refractivity contribution in [1.29, 1.82) is 0 Å². The van der Waals surface area contributed by atoms with Crippen LogP contribution in [0.15, 0.2) is 18.2 Å². The van der Waals surface area contributed by atoms with E-state index in [1.54, 1.807) is 13.2 Å². The van der Waals surface area contributed by atoms with Crippen LogP contribution in [0.1, 0.15) is 18.4 Å². The number of halogens is 1. The normalized spacial score (nSPS) is 14.9. The van der Waals surface area contributed by atoms with Crippen LogP contribution in [0.25, 0.3) is 0 Å². The van der Waals surface area contributed by atoms with Crippen LogP contribution in [0.5, 0.6) is 0 Å². The molecule has 1 aliphatic rings. The maximum atomic E-state index is 14.0. The van der Waals surface area contributed by atoms with Gasteiger partial charge in [-0.1, -0.05) is 12.1 Å². The van der Waals surface area contributed by atoms with E-state index in [0.717, 1.165) is 12.8 Å². The molecule has 1 saturated carbocycles. The van der Waals surface area contributed by atoms with E-state index in [4.69, 9.17) is 4.74 Å². The Hall–Kier alpha value is -1.53. The van der Waals surface area contributed by atoms with E-state index in [-0.39, 0.29) is 0 Å². The van der Waals surface area contributed by atoms with Crippen molar-refractivity contribution in [1.82, 2.24) is 4.90 Å². The summed E-state index contributed by atoms with van der Waals surface area (Å²) in [4.78, 5) is 12.1. The summed E-state index contributed by atoms with van der Waals surface area (Å²) in [6.07, 6.45) is 2.19. The van der Waals surface area contributed by atoms with Crippen LogP contribution in [0.3, 0.4) is 0 Å². The van der Waals surface area contributed by atoms with Gasteiger partial charge in [0.1, 0.15) is 0 Å².